The van der Waals surface area contributed by atoms with Crippen molar-refractivity contribution in [3.8, 4) is 0 Å². The standard InChI is InChI=1S/C25H33NO2/c1-23-11-8-19(27)15-17(23)6-7-20-21(23)9-12-24(2)22(20)10-13-25(24,28)16-18-5-3-4-14-26-18/h3-5,14-15,20-22,28H,6-13,16H2,1-2H3/t20-,21+,22+,23+,24+,25-/m1/s1. The fourth-order valence-corrected chi connectivity index (χ4v) is 7.76. The van der Waals surface area contributed by atoms with Gasteiger partial charge < -0.3 is 5.11 Å². The van der Waals surface area contributed by atoms with Crippen molar-refractivity contribution in [1.29, 1.82) is 0 Å². The van der Waals surface area contributed by atoms with Crippen molar-refractivity contribution in [3.63, 3.8) is 0 Å². The van der Waals surface area contributed by atoms with Crippen LogP contribution < -0.4 is 0 Å². The van der Waals surface area contributed by atoms with Crippen LogP contribution in [0.15, 0.2) is 36.0 Å². The minimum atomic E-state index is -0.642. The van der Waals surface area contributed by atoms with E-state index < -0.39 is 5.60 Å². The molecule has 0 aromatic carbocycles. The van der Waals surface area contributed by atoms with Crippen LogP contribution in [0.3, 0.4) is 0 Å². The molecule has 0 unspecified atom stereocenters. The van der Waals surface area contributed by atoms with Gasteiger partial charge in [-0.05, 0) is 91.7 Å². The lowest BCUT2D eigenvalue weighted by Gasteiger charge is -2.59. The average molecular weight is 380 g/mol. The van der Waals surface area contributed by atoms with Gasteiger partial charge in [0, 0.05) is 24.7 Å². The maximum atomic E-state index is 12.0. The average Bonchev–Trinajstić information content (AvgIpc) is 2.94. The molecular formula is C25H33NO2. The van der Waals surface area contributed by atoms with Crippen molar-refractivity contribution in [1.82, 2.24) is 4.98 Å². The molecule has 0 amide bonds. The maximum absolute atomic E-state index is 12.0. The summed E-state index contributed by atoms with van der Waals surface area (Å²) in [4.78, 5) is 16.5. The number of carbonyl (C=O) groups is 1. The lowest BCUT2D eigenvalue weighted by Crippen LogP contribution is -2.55. The Bertz CT molecular complexity index is 817. The Labute approximate surface area is 168 Å². The van der Waals surface area contributed by atoms with Crippen LogP contribution in [-0.4, -0.2) is 21.5 Å². The molecule has 6 atom stereocenters. The number of aromatic nitrogens is 1. The third-order valence-corrected chi connectivity index (χ3v) is 9.48. The summed E-state index contributed by atoms with van der Waals surface area (Å²) in [6.45, 7) is 4.79. The molecule has 1 aromatic rings. The van der Waals surface area contributed by atoms with Crippen LogP contribution in [0.5, 0.6) is 0 Å². The van der Waals surface area contributed by atoms with Gasteiger partial charge in [-0.3, -0.25) is 9.78 Å². The molecule has 4 aliphatic carbocycles. The third-order valence-electron chi connectivity index (χ3n) is 9.48. The van der Waals surface area contributed by atoms with E-state index in [1.807, 2.05) is 24.4 Å². The molecule has 1 aromatic heterocycles. The summed E-state index contributed by atoms with van der Waals surface area (Å²) in [7, 11) is 0. The van der Waals surface area contributed by atoms with E-state index in [0.717, 1.165) is 44.2 Å². The number of ketones is 1. The Hall–Kier alpha value is -1.48. The first-order valence-electron chi connectivity index (χ1n) is 11.2. The zero-order valence-corrected chi connectivity index (χ0v) is 17.3. The quantitative estimate of drug-likeness (QED) is 0.796. The largest absolute Gasteiger partial charge is 0.389 e. The lowest BCUT2D eigenvalue weighted by molar-refractivity contribution is -0.129. The van der Waals surface area contributed by atoms with Gasteiger partial charge in [-0.15, -0.1) is 0 Å². The van der Waals surface area contributed by atoms with Gasteiger partial charge >= 0.3 is 0 Å². The monoisotopic (exact) mass is 379 g/mol. The molecule has 5 rings (SSSR count). The van der Waals surface area contributed by atoms with Crippen LogP contribution in [0.2, 0.25) is 0 Å². The predicted molar refractivity (Wildman–Crippen MR) is 110 cm³/mol. The van der Waals surface area contributed by atoms with E-state index in [1.54, 1.807) is 0 Å². The van der Waals surface area contributed by atoms with E-state index in [2.05, 4.69) is 24.9 Å². The molecule has 0 bridgehead atoms. The van der Waals surface area contributed by atoms with Gasteiger partial charge in [0.15, 0.2) is 5.78 Å². The summed E-state index contributed by atoms with van der Waals surface area (Å²) in [5, 5.41) is 11.8. The second-order valence-corrected chi connectivity index (χ2v) is 10.5. The summed E-state index contributed by atoms with van der Waals surface area (Å²) >= 11 is 0. The molecule has 0 radical (unpaired) electrons. The van der Waals surface area contributed by atoms with Gasteiger partial charge in [0.05, 0.1) is 5.60 Å². The first-order chi connectivity index (χ1) is 13.4. The second kappa shape index (κ2) is 6.26. The first kappa shape index (κ1) is 18.5. The topological polar surface area (TPSA) is 50.2 Å². The molecule has 0 aliphatic heterocycles. The molecule has 0 spiro atoms. The number of nitrogens with zero attached hydrogens (tertiary/aromatic N) is 1. The summed E-state index contributed by atoms with van der Waals surface area (Å²) in [6, 6.07) is 6.02. The number of hydrogen-bond donors (Lipinski definition) is 1. The number of fused-ring (bicyclic) bond motifs is 5. The van der Waals surface area contributed by atoms with Gasteiger partial charge in [0.25, 0.3) is 0 Å². The van der Waals surface area contributed by atoms with Gasteiger partial charge in [0.1, 0.15) is 0 Å². The van der Waals surface area contributed by atoms with E-state index in [1.165, 1.54) is 18.4 Å². The molecule has 3 saturated carbocycles. The van der Waals surface area contributed by atoms with E-state index >= 15 is 0 Å². The van der Waals surface area contributed by atoms with E-state index in [0.29, 0.717) is 30.0 Å². The highest BCUT2D eigenvalue weighted by molar-refractivity contribution is 5.91. The minimum absolute atomic E-state index is 0.0201. The summed E-state index contributed by atoms with van der Waals surface area (Å²) < 4.78 is 0. The second-order valence-electron chi connectivity index (χ2n) is 10.5. The smallest absolute Gasteiger partial charge is 0.155 e. The molecule has 4 aliphatic rings. The van der Waals surface area contributed by atoms with Crippen molar-refractivity contribution >= 4 is 5.78 Å². The van der Waals surface area contributed by atoms with Gasteiger partial charge in [-0.1, -0.05) is 25.5 Å². The van der Waals surface area contributed by atoms with E-state index in [-0.39, 0.29) is 10.8 Å². The molecule has 1 N–H and O–H groups in total. The van der Waals surface area contributed by atoms with Crippen LogP contribution in [0.25, 0.3) is 0 Å². The molecule has 0 saturated heterocycles. The fourth-order valence-electron chi connectivity index (χ4n) is 7.76. The highest BCUT2D eigenvalue weighted by Gasteiger charge is 2.63. The molecule has 3 heteroatoms. The number of hydrogen-bond acceptors (Lipinski definition) is 3. The Morgan fingerprint density at radius 2 is 1.89 bits per heavy atom. The molecule has 150 valence electrons. The summed E-state index contributed by atoms with van der Waals surface area (Å²) in [6.07, 6.45) is 12.8. The number of pyridine rings is 1. The normalized spacial score (nSPS) is 45.0. The Morgan fingerprint density at radius 3 is 2.68 bits per heavy atom. The van der Waals surface area contributed by atoms with Crippen LogP contribution in [-0.2, 0) is 11.2 Å². The van der Waals surface area contributed by atoms with E-state index in [9.17, 15) is 9.90 Å². The molecule has 3 fully saturated rings. The zero-order chi connectivity index (χ0) is 19.6. The SMILES string of the molecule is C[C@]12CCC(=O)C=C1CC[C@@H]1[C@@H]2CC[C@@]2(C)[C@H]1CC[C@@]2(O)Cc1ccccn1. The highest BCUT2D eigenvalue weighted by Crippen LogP contribution is 2.67. The van der Waals surface area contributed by atoms with Crippen molar-refractivity contribution in [2.24, 2.45) is 28.6 Å². The summed E-state index contributed by atoms with van der Waals surface area (Å²) in [5.74, 6) is 2.29. The summed E-state index contributed by atoms with van der Waals surface area (Å²) in [5.41, 5.74) is 1.99. The Kier molecular flexibility index (Phi) is 4.14. The number of allylic oxidation sites excluding steroid dienone is 1. The molecule has 28 heavy (non-hydrogen) atoms. The van der Waals surface area contributed by atoms with Crippen LogP contribution in [0, 0.1) is 28.6 Å². The predicted octanol–water partition coefficient (Wildman–Crippen LogP) is 4.89. The van der Waals surface area contributed by atoms with Crippen molar-refractivity contribution in [3.05, 3.63) is 41.7 Å². The van der Waals surface area contributed by atoms with Crippen LogP contribution in [0.1, 0.15) is 70.9 Å². The number of rotatable bonds is 2. The lowest BCUT2D eigenvalue weighted by atomic mass is 9.46. The van der Waals surface area contributed by atoms with Crippen molar-refractivity contribution < 1.29 is 9.90 Å². The Balaban J connectivity index is 1.44. The van der Waals surface area contributed by atoms with E-state index in [4.69, 9.17) is 0 Å². The molecule has 1 heterocycles. The third kappa shape index (κ3) is 2.51. The number of carbonyl (C=O) groups excluding carboxylic acids is 1. The van der Waals surface area contributed by atoms with Gasteiger partial charge in [-0.25, -0.2) is 0 Å². The van der Waals surface area contributed by atoms with Gasteiger partial charge in [-0.2, -0.15) is 0 Å². The van der Waals surface area contributed by atoms with Crippen LogP contribution >= 0.6 is 0 Å². The van der Waals surface area contributed by atoms with Crippen molar-refractivity contribution in [2.45, 2.75) is 77.2 Å². The molecular weight excluding hydrogens is 346 g/mol. The zero-order valence-electron chi connectivity index (χ0n) is 17.3. The van der Waals surface area contributed by atoms with Crippen LogP contribution in [0.4, 0.5) is 0 Å². The maximum Gasteiger partial charge on any atom is 0.155 e. The fraction of sp³-hybridized carbons (Fsp3) is 0.680. The first-order valence-corrected chi connectivity index (χ1v) is 11.2. The van der Waals surface area contributed by atoms with Gasteiger partial charge in [0.2, 0.25) is 0 Å². The highest BCUT2D eigenvalue weighted by atomic mass is 16.3. The van der Waals surface area contributed by atoms with Crippen molar-refractivity contribution in [2.75, 3.05) is 0 Å². The minimum Gasteiger partial charge on any atom is -0.389 e. The number of aliphatic hydroxyl groups is 1. The molecule has 3 nitrogen and oxygen atoms in total. The Morgan fingerprint density at radius 1 is 1.07 bits per heavy atom.